The molecular formula is C31H23NO2. The molecular weight excluding hydrogens is 418 g/mol. The Morgan fingerprint density at radius 3 is 2.06 bits per heavy atom. The van der Waals surface area contributed by atoms with Crippen LogP contribution in [0.4, 0.5) is 0 Å². The largest absolute Gasteiger partial charge is 0.431 e. The van der Waals surface area contributed by atoms with E-state index in [-0.39, 0.29) is 0 Å². The molecule has 3 nitrogen and oxygen atoms in total. The summed E-state index contributed by atoms with van der Waals surface area (Å²) in [6, 6.07) is 30.1. The van der Waals surface area contributed by atoms with Crippen LogP contribution in [0.1, 0.15) is 27.9 Å². The fourth-order valence-corrected chi connectivity index (χ4v) is 4.24. The van der Waals surface area contributed by atoms with Crippen molar-refractivity contribution in [2.24, 2.45) is 0 Å². The molecule has 1 heterocycles. The van der Waals surface area contributed by atoms with Crippen LogP contribution in [0.2, 0.25) is 0 Å². The average Bonchev–Trinajstić information content (AvgIpc) is 3.19. The lowest BCUT2D eigenvalue weighted by atomic mass is 9.98. The van der Waals surface area contributed by atoms with Crippen molar-refractivity contribution in [2.45, 2.75) is 6.92 Å². The topological polar surface area (TPSA) is 39.2 Å². The number of carbonyl (C=O) groups is 1. The van der Waals surface area contributed by atoms with E-state index in [0.29, 0.717) is 0 Å². The third kappa shape index (κ3) is 4.37. The van der Waals surface area contributed by atoms with E-state index in [4.69, 9.17) is 4.74 Å². The standard InChI is InChI=1S/C31H23NO2/c1-22-19-29-26-16-9-8-15-25(26)27(30(29)21-32-22)17-10-18-34-31(33)20-28(23-11-4-2-5-12-23)24-13-6-3-7-14-24/h2-21H,1H3/b18-10+,27-17+. The van der Waals surface area contributed by atoms with Crippen LogP contribution in [-0.2, 0) is 9.53 Å². The predicted octanol–water partition coefficient (Wildman–Crippen LogP) is 6.99. The number of hydrogen-bond acceptors (Lipinski definition) is 3. The van der Waals surface area contributed by atoms with Gasteiger partial charge in [-0.15, -0.1) is 0 Å². The highest BCUT2D eigenvalue weighted by molar-refractivity contribution is 6.01. The fraction of sp³-hybridized carbons (Fsp3) is 0.0323. The molecule has 0 aliphatic heterocycles. The Morgan fingerprint density at radius 1 is 0.765 bits per heavy atom. The fourth-order valence-electron chi connectivity index (χ4n) is 4.24. The van der Waals surface area contributed by atoms with Gasteiger partial charge in [0.1, 0.15) is 0 Å². The van der Waals surface area contributed by atoms with Gasteiger partial charge in [0.25, 0.3) is 0 Å². The number of aryl methyl sites for hydroxylation is 1. The first-order valence-corrected chi connectivity index (χ1v) is 11.2. The van der Waals surface area contributed by atoms with E-state index in [2.05, 4.69) is 23.2 Å². The molecule has 3 aromatic carbocycles. The molecule has 0 saturated carbocycles. The van der Waals surface area contributed by atoms with Gasteiger partial charge in [-0.1, -0.05) is 91.0 Å². The lowest BCUT2D eigenvalue weighted by Gasteiger charge is -2.08. The van der Waals surface area contributed by atoms with Crippen molar-refractivity contribution in [1.82, 2.24) is 4.98 Å². The highest BCUT2D eigenvalue weighted by atomic mass is 16.5. The summed E-state index contributed by atoms with van der Waals surface area (Å²) in [5.41, 5.74) is 9.38. The highest BCUT2D eigenvalue weighted by Crippen LogP contribution is 2.43. The van der Waals surface area contributed by atoms with Crippen LogP contribution in [-0.4, -0.2) is 11.0 Å². The molecule has 164 valence electrons. The van der Waals surface area contributed by atoms with Crippen LogP contribution in [0.5, 0.6) is 0 Å². The molecule has 0 bridgehead atoms. The Labute approximate surface area is 199 Å². The van der Waals surface area contributed by atoms with E-state index in [1.54, 1.807) is 6.08 Å². The molecule has 0 saturated heterocycles. The van der Waals surface area contributed by atoms with Gasteiger partial charge in [0.05, 0.1) is 6.26 Å². The molecule has 3 heteroatoms. The van der Waals surface area contributed by atoms with Crippen molar-refractivity contribution in [2.75, 3.05) is 0 Å². The second-order valence-corrected chi connectivity index (χ2v) is 8.05. The monoisotopic (exact) mass is 441 g/mol. The predicted molar refractivity (Wildman–Crippen MR) is 137 cm³/mol. The number of hydrogen-bond donors (Lipinski definition) is 0. The quantitative estimate of drug-likeness (QED) is 0.168. The molecule has 0 spiro atoms. The molecule has 1 aliphatic rings. The van der Waals surface area contributed by atoms with Gasteiger partial charge in [-0.25, -0.2) is 4.79 Å². The molecule has 34 heavy (non-hydrogen) atoms. The number of pyridine rings is 1. The van der Waals surface area contributed by atoms with Gasteiger partial charge in [-0.05, 0) is 58.0 Å². The first-order chi connectivity index (χ1) is 16.7. The first kappa shape index (κ1) is 21.4. The van der Waals surface area contributed by atoms with Gasteiger partial charge >= 0.3 is 5.97 Å². The van der Waals surface area contributed by atoms with Crippen molar-refractivity contribution >= 4 is 17.1 Å². The summed E-state index contributed by atoms with van der Waals surface area (Å²) in [5, 5.41) is 0. The molecule has 0 atom stereocenters. The minimum atomic E-state index is -0.429. The maximum absolute atomic E-state index is 12.6. The zero-order valence-electron chi connectivity index (χ0n) is 18.8. The lowest BCUT2D eigenvalue weighted by molar-refractivity contribution is -0.132. The minimum Gasteiger partial charge on any atom is -0.431 e. The van der Waals surface area contributed by atoms with E-state index < -0.39 is 5.97 Å². The number of rotatable bonds is 5. The Bertz CT molecular complexity index is 1390. The molecule has 1 aliphatic carbocycles. The van der Waals surface area contributed by atoms with Crippen molar-refractivity contribution in [3.63, 3.8) is 0 Å². The molecule has 1 aromatic heterocycles. The maximum Gasteiger partial charge on any atom is 0.336 e. The van der Waals surface area contributed by atoms with Crippen LogP contribution < -0.4 is 0 Å². The van der Waals surface area contributed by atoms with Gasteiger partial charge < -0.3 is 4.74 Å². The number of aromatic nitrogens is 1. The molecule has 0 amide bonds. The highest BCUT2D eigenvalue weighted by Gasteiger charge is 2.22. The Morgan fingerprint density at radius 2 is 1.38 bits per heavy atom. The number of allylic oxidation sites excluding steroid dienone is 2. The first-order valence-electron chi connectivity index (χ1n) is 11.2. The van der Waals surface area contributed by atoms with E-state index in [1.807, 2.05) is 92.0 Å². The van der Waals surface area contributed by atoms with Crippen LogP contribution in [0.3, 0.4) is 0 Å². The molecule has 0 unspecified atom stereocenters. The van der Waals surface area contributed by atoms with E-state index in [0.717, 1.165) is 39.1 Å². The zero-order chi connectivity index (χ0) is 23.3. The van der Waals surface area contributed by atoms with E-state index >= 15 is 0 Å². The van der Waals surface area contributed by atoms with Crippen LogP contribution in [0, 0.1) is 6.92 Å². The Hall–Kier alpha value is -4.50. The lowest BCUT2D eigenvalue weighted by Crippen LogP contribution is -1.98. The van der Waals surface area contributed by atoms with Gasteiger partial charge in [0.2, 0.25) is 0 Å². The summed E-state index contributed by atoms with van der Waals surface area (Å²) in [7, 11) is 0. The minimum absolute atomic E-state index is 0.429. The van der Waals surface area contributed by atoms with Crippen LogP contribution >= 0.6 is 0 Å². The average molecular weight is 442 g/mol. The molecule has 4 aromatic rings. The summed E-state index contributed by atoms with van der Waals surface area (Å²) >= 11 is 0. The molecule has 0 fully saturated rings. The number of nitrogens with zero attached hydrogens (tertiary/aromatic N) is 1. The molecule has 0 radical (unpaired) electrons. The van der Waals surface area contributed by atoms with Crippen molar-refractivity contribution in [1.29, 1.82) is 0 Å². The summed E-state index contributed by atoms with van der Waals surface area (Å²) < 4.78 is 5.41. The maximum atomic E-state index is 12.6. The molecule has 5 rings (SSSR count). The molecule has 0 N–H and O–H groups in total. The number of fused-ring (bicyclic) bond motifs is 3. The zero-order valence-corrected chi connectivity index (χ0v) is 18.8. The summed E-state index contributed by atoms with van der Waals surface area (Å²) in [5.74, 6) is -0.429. The van der Waals surface area contributed by atoms with Gasteiger partial charge in [0, 0.05) is 23.5 Å². The smallest absolute Gasteiger partial charge is 0.336 e. The number of esters is 1. The summed E-state index contributed by atoms with van der Waals surface area (Å²) in [6.45, 7) is 2.00. The van der Waals surface area contributed by atoms with Crippen molar-refractivity contribution < 1.29 is 9.53 Å². The number of benzene rings is 3. The summed E-state index contributed by atoms with van der Waals surface area (Å²) in [4.78, 5) is 17.1. The van der Waals surface area contributed by atoms with Crippen LogP contribution in [0.15, 0.2) is 122 Å². The van der Waals surface area contributed by atoms with Gasteiger partial charge in [-0.2, -0.15) is 0 Å². The normalized spacial score (nSPS) is 12.9. The second kappa shape index (κ2) is 9.55. The van der Waals surface area contributed by atoms with E-state index in [1.165, 1.54) is 23.5 Å². The van der Waals surface area contributed by atoms with Crippen molar-refractivity contribution in [3.05, 3.63) is 150 Å². The third-order valence-corrected chi connectivity index (χ3v) is 5.80. The van der Waals surface area contributed by atoms with Crippen molar-refractivity contribution in [3.8, 4) is 11.1 Å². The third-order valence-electron chi connectivity index (χ3n) is 5.80. The Kier molecular flexibility index (Phi) is 6.00. The second-order valence-electron chi connectivity index (χ2n) is 8.05. The van der Waals surface area contributed by atoms with Crippen LogP contribution in [0.25, 0.3) is 22.3 Å². The SMILES string of the molecule is Cc1cc2c(cn1)/C(=C/C=C/OC(=O)C=C(c1ccccc1)c1ccccc1)c1ccccc1-2. The number of ether oxygens (including phenoxy) is 1. The van der Waals surface area contributed by atoms with Gasteiger partial charge in [-0.3, -0.25) is 4.98 Å². The Balaban J connectivity index is 1.39. The number of carbonyl (C=O) groups excluding carboxylic acids is 1. The van der Waals surface area contributed by atoms with Gasteiger partial charge in [0.15, 0.2) is 0 Å². The summed E-state index contributed by atoms with van der Waals surface area (Å²) in [6.07, 6.45) is 8.60. The van der Waals surface area contributed by atoms with E-state index in [9.17, 15) is 4.79 Å².